The first-order chi connectivity index (χ1) is 16.2. The van der Waals surface area contributed by atoms with Crippen molar-refractivity contribution in [3.8, 4) is 0 Å². The number of H-pyrrole nitrogens is 2. The number of benzene rings is 2. The third-order valence-corrected chi connectivity index (χ3v) is 5.54. The SMILES string of the molecule is CC(=O)Nc1ccc(C(Cc2ccccc2F)c2nc3c([nH]2)c(=O)[nH]c(=O)n3CC(C)C)cc1. The number of aromatic amines is 2. The Morgan fingerprint density at radius 1 is 1.09 bits per heavy atom. The number of rotatable bonds is 7. The van der Waals surface area contributed by atoms with E-state index in [4.69, 9.17) is 0 Å². The molecule has 4 aromatic rings. The van der Waals surface area contributed by atoms with Gasteiger partial charge in [0.05, 0.1) is 0 Å². The second-order valence-electron chi connectivity index (χ2n) is 8.74. The molecule has 0 fully saturated rings. The summed E-state index contributed by atoms with van der Waals surface area (Å²) in [5, 5.41) is 2.72. The molecule has 0 aliphatic rings. The topological polar surface area (TPSA) is 113 Å². The average Bonchev–Trinajstić information content (AvgIpc) is 3.22. The maximum absolute atomic E-state index is 14.5. The van der Waals surface area contributed by atoms with Gasteiger partial charge in [-0.05, 0) is 41.7 Å². The van der Waals surface area contributed by atoms with Gasteiger partial charge in [-0.15, -0.1) is 0 Å². The van der Waals surface area contributed by atoms with Crippen molar-refractivity contribution in [2.45, 2.75) is 39.7 Å². The van der Waals surface area contributed by atoms with Crippen LogP contribution in [0.2, 0.25) is 0 Å². The van der Waals surface area contributed by atoms with E-state index < -0.39 is 17.2 Å². The van der Waals surface area contributed by atoms with E-state index in [9.17, 15) is 18.8 Å². The number of fused-ring (bicyclic) bond motifs is 1. The number of nitrogens with zero attached hydrogens (tertiary/aromatic N) is 2. The van der Waals surface area contributed by atoms with Gasteiger partial charge in [-0.1, -0.05) is 44.2 Å². The van der Waals surface area contributed by atoms with E-state index in [-0.39, 0.29) is 35.2 Å². The standard InChI is InChI=1S/C25H26FN5O3/c1-14(2)13-31-23-21(24(33)30-25(31)34)28-22(29-23)19(12-17-6-4-5-7-20(17)26)16-8-10-18(11-9-16)27-15(3)32/h4-11,14,19H,12-13H2,1-3H3,(H,27,32)(H,28,29)(H,30,33,34). The van der Waals surface area contributed by atoms with E-state index in [1.54, 1.807) is 30.3 Å². The van der Waals surface area contributed by atoms with Crippen molar-refractivity contribution in [2.24, 2.45) is 5.92 Å². The Hall–Kier alpha value is -4.01. The van der Waals surface area contributed by atoms with E-state index in [1.165, 1.54) is 17.6 Å². The van der Waals surface area contributed by atoms with Crippen LogP contribution in [0, 0.1) is 11.7 Å². The molecule has 9 heteroatoms. The van der Waals surface area contributed by atoms with Gasteiger partial charge in [-0.25, -0.2) is 14.2 Å². The molecule has 0 aliphatic carbocycles. The Morgan fingerprint density at radius 3 is 2.44 bits per heavy atom. The molecule has 1 amide bonds. The quantitative estimate of drug-likeness (QED) is 0.389. The molecular formula is C25H26FN5O3. The van der Waals surface area contributed by atoms with Crippen molar-refractivity contribution in [2.75, 3.05) is 5.32 Å². The summed E-state index contributed by atoms with van der Waals surface area (Å²) in [5.41, 5.74) is 1.33. The highest BCUT2D eigenvalue weighted by atomic mass is 19.1. The molecule has 0 aliphatic heterocycles. The predicted molar refractivity (Wildman–Crippen MR) is 129 cm³/mol. The predicted octanol–water partition coefficient (Wildman–Crippen LogP) is 3.54. The van der Waals surface area contributed by atoms with Crippen LogP contribution in [-0.4, -0.2) is 25.4 Å². The summed E-state index contributed by atoms with van der Waals surface area (Å²) in [7, 11) is 0. The second kappa shape index (κ2) is 9.46. The normalized spacial score (nSPS) is 12.3. The number of aromatic nitrogens is 4. The highest BCUT2D eigenvalue weighted by Gasteiger charge is 2.23. The van der Waals surface area contributed by atoms with Crippen LogP contribution in [0.3, 0.4) is 0 Å². The van der Waals surface area contributed by atoms with Crippen LogP contribution >= 0.6 is 0 Å². The lowest BCUT2D eigenvalue weighted by atomic mass is 9.91. The van der Waals surface area contributed by atoms with Crippen LogP contribution < -0.4 is 16.6 Å². The van der Waals surface area contributed by atoms with Gasteiger partial charge in [0.2, 0.25) is 5.91 Å². The molecule has 2 heterocycles. The Balaban J connectivity index is 1.85. The summed E-state index contributed by atoms with van der Waals surface area (Å²) >= 11 is 0. The fraction of sp³-hybridized carbons (Fsp3) is 0.280. The van der Waals surface area contributed by atoms with Gasteiger partial charge in [-0.3, -0.25) is 19.1 Å². The van der Waals surface area contributed by atoms with Gasteiger partial charge in [0.25, 0.3) is 5.56 Å². The highest BCUT2D eigenvalue weighted by molar-refractivity contribution is 5.88. The summed E-state index contributed by atoms with van der Waals surface area (Å²) in [4.78, 5) is 46.5. The van der Waals surface area contributed by atoms with E-state index in [2.05, 4.69) is 20.3 Å². The van der Waals surface area contributed by atoms with Crippen molar-refractivity contribution in [1.82, 2.24) is 19.5 Å². The second-order valence-corrected chi connectivity index (χ2v) is 8.74. The Labute approximate surface area is 194 Å². The van der Waals surface area contributed by atoms with Gasteiger partial charge in [-0.2, -0.15) is 0 Å². The third-order valence-electron chi connectivity index (χ3n) is 5.54. The minimum absolute atomic E-state index is 0.155. The van der Waals surface area contributed by atoms with Crippen molar-refractivity contribution < 1.29 is 9.18 Å². The molecule has 1 unspecified atom stereocenters. The number of hydrogen-bond donors (Lipinski definition) is 3. The van der Waals surface area contributed by atoms with E-state index >= 15 is 0 Å². The van der Waals surface area contributed by atoms with Crippen LogP contribution in [0.5, 0.6) is 0 Å². The first-order valence-corrected chi connectivity index (χ1v) is 11.1. The van der Waals surface area contributed by atoms with Gasteiger partial charge in [0.15, 0.2) is 5.65 Å². The lowest BCUT2D eigenvalue weighted by Gasteiger charge is -2.16. The van der Waals surface area contributed by atoms with Crippen molar-refractivity contribution in [1.29, 1.82) is 0 Å². The first kappa shape index (κ1) is 23.2. The van der Waals surface area contributed by atoms with Crippen LogP contribution in [0.15, 0.2) is 58.1 Å². The molecule has 0 bridgehead atoms. The molecule has 3 N–H and O–H groups in total. The zero-order valence-electron chi connectivity index (χ0n) is 19.2. The van der Waals surface area contributed by atoms with E-state index in [0.29, 0.717) is 23.6 Å². The number of amides is 1. The molecule has 0 spiro atoms. The lowest BCUT2D eigenvalue weighted by molar-refractivity contribution is -0.114. The summed E-state index contributed by atoms with van der Waals surface area (Å²) in [6, 6.07) is 13.7. The van der Waals surface area contributed by atoms with Crippen LogP contribution in [0.4, 0.5) is 10.1 Å². The monoisotopic (exact) mass is 463 g/mol. The molecule has 1 atom stereocenters. The molecule has 176 valence electrons. The smallest absolute Gasteiger partial charge is 0.330 e. The fourth-order valence-electron chi connectivity index (χ4n) is 4.02. The van der Waals surface area contributed by atoms with Gasteiger partial charge in [0, 0.05) is 25.1 Å². The van der Waals surface area contributed by atoms with Gasteiger partial charge < -0.3 is 10.3 Å². The average molecular weight is 464 g/mol. The minimum atomic E-state index is -0.551. The van der Waals surface area contributed by atoms with Crippen LogP contribution in [0.25, 0.3) is 11.2 Å². The number of carbonyl (C=O) groups is 1. The molecule has 34 heavy (non-hydrogen) atoms. The number of imidazole rings is 1. The lowest BCUT2D eigenvalue weighted by Crippen LogP contribution is -2.31. The maximum Gasteiger partial charge on any atom is 0.330 e. The third kappa shape index (κ3) is 4.83. The van der Waals surface area contributed by atoms with E-state index in [1.807, 2.05) is 26.0 Å². The summed E-state index contributed by atoms with van der Waals surface area (Å²) in [5.74, 6) is -0.359. The minimum Gasteiger partial charge on any atom is -0.336 e. The van der Waals surface area contributed by atoms with Crippen molar-refractivity contribution in [3.05, 3.63) is 92.1 Å². The molecule has 0 saturated carbocycles. The molecule has 4 rings (SSSR count). The van der Waals surface area contributed by atoms with Crippen LogP contribution in [0.1, 0.15) is 43.6 Å². The fourth-order valence-corrected chi connectivity index (χ4v) is 4.02. The molecule has 8 nitrogen and oxygen atoms in total. The number of hydrogen-bond acceptors (Lipinski definition) is 4. The molecule has 2 aromatic heterocycles. The van der Waals surface area contributed by atoms with Crippen molar-refractivity contribution in [3.63, 3.8) is 0 Å². The maximum atomic E-state index is 14.5. The van der Waals surface area contributed by atoms with Gasteiger partial charge >= 0.3 is 5.69 Å². The number of carbonyl (C=O) groups excluding carboxylic acids is 1. The largest absolute Gasteiger partial charge is 0.336 e. The highest BCUT2D eigenvalue weighted by Crippen LogP contribution is 2.29. The molecule has 0 radical (unpaired) electrons. The summed E-state index contributed by atoms with van der Waals surface area (Å²) in [6.07, 6.45) is 0.276. The first-order valence-electron chi connectivity index (χ1n) is 11.1. The number of halogens is 1. The number of nitrogens with one attached hydrogen (secondary N) is 3. The van der Waals surface area contributed by atoms with Crippen LogP contribution in [-0.2, 0) is 17.8 Å². The zero-order chi connectivity index (χ0) is 24.4. The number of anilines is 1. The van der Waals surface area contributed by atoms with Gasteiger partial charge in [0.1, 0.15) is 17.2 Å². The van der Waals surface area contributed by atoms with Crippen molar-refractivity contribution >= 4 is 22.8 Å². The van der Waals surface area contributed by atoms with E-state index in [0.717, 1.165) is 5.56 Å². The Morgan fingerprint density at radius 2 is 1.79 bits per heavy atom. The zero-order valence-corrected chi connectivity index (χ0v) is 19.2. The Kier molecular flexibility index (Phi) is 6.45. The molecular weight excluding hydrogens is 437 g/mol. The molecule has 0 saturated heterocycles. The summed E-state index contributed by atoms with van der Waals surface area (Å²) in [6.45, 7) is 5.75. The summed E-state index contributed by atoms with van der Waals surface area (Å²) < 4.78 is 16.0. The Bertz CT molecular complexity index is 1450. The molecule has 2 aromatic carbocycles.